The van der Waals surface area contributed by atoms with Gasteiger partial charge in [-0.15, -0.1) is 0 Å². The summed E-state index contributed by atoms with van der Waals surface area (Å²) in [6.45, 7) is 1.85. The van der Waals surface area contributed by atoms with Crippen LogP contribution in [0.2, 0.25) is 0 Å². The Morgan fingerprint density at radius 3 is 2.80 bits per heavy atom. The number of alkyl halides is 1. The summed E-state index contributed by atoms with van der Waals surface area (Å²) >= 11 is 3.54. The lowest BCUT2D eigenvalue weighted by Gasteiger charge is -2.14. The number of rotatable bonds is 3. The first-order chi connectivity index (χ1) is 9.56. The molecule has 0 fully saturated rings. The molecule has 1 aliphatic carbocycles. The molecule has 1 aliphatic rings. The van der Waals surface area contributed by atoms with Crippen LogP contribution in [-0.4, -0.2) is 15.8 Å². The van der Waals surface area contributed by atoms with Crippen molar-refractivity contribution in [1.82, 2.24) is 0 Å². The van der Waals surface area contributed by atoms with Crippen LogP contribution >= 0.6 is 15.9 Å². The second-order valence-electron chi connectivity index (χ2n) is 4.93. The van der Waals surface area contributed by atoms with Crippen molar-refractivity contribution in [2.45, 2.75) is 24.6 Å². The van der Waals surface area contributed by atoms with Gasteiger partial charge in [0.15, 0.2) is 0 Å². The Balaban J connectivity index is 2.11. The molecule has 0 radical (unpaired) electrons. The summed E-state index contributed by atoms with van der Waals surface area (Å²) in [5.41, 5.74) is 1.62. The van der Waals surface area contributed by atoms with Crippen molar-refractivity contribution in [2.75, 3.05) is 5.32 Å². The predicted octanol–water partition coefficient (Wildman–Crippen LogP) is 4.19. The SMILES string of the molecule is CC(C(=O)Nc1ccccc1)C1=CC(Br)CCC(O)=C1. The third-order valence-corrected chi connectivity index (χ3v) is 4.04. The lowest BCUT2D eigenvalue weighted by molar-refractivity contribution is -0.118. The van der Waals surface area contributed by atoms with Crippen molar-refractivity contribution in [3.63, 3.8) is 0 Å². The van der Waals surface area contributed by atoms with Crippen molar-refractivity contribution in [3.05, 3.63) is 53.8 Å². The zero-order valence-electron chi connectivity index (χ0n) is 11.3. The van der Waals surface area contributed by atoms with Gasteiger partial charge in [0, 0.05) is 16.9 Å². The summed E-state index contributed by atoms with van der Waals surface area (Å²) in [4.78, 5) is 12.4. The minimum Gasteiger partial charge on any atom is -0.512 e. The van der Waals surface area contributed by atoms with Gasteiger partial charge in [0.1, 0.15) is 0 Å². The average Bonchev–Trinajstić information content (AvgIpc) is 2.61. The van der Waals surface area contributed by atoms with Crippen LogP contribution in [0.3, 0.4) is 0 Å². The van der Waals surface area contributed by atoms with Crippen LogP contribution in [0.4, 0.5) is 5.69 Å². The predicted molar refractivity (Wildman–Crippen MR) is 85.0 cm³/mol. The monoisotopic (exact) mass is 335 g/mol. The largest absolute Gasteiger partial charge is 0.512 e. The first-order valence-corrected chi connectivity index (χ1v) is 7.59. The molecule has 2 rings (SSSR count). The molecular formula is C16H18BrNO2. The number of hydrogen-bond acceptors (Lipinski definition) is 2. The fraction of sp³-hybridized carbons (Fsp3) is 0.312. The molecule has 2 unspecified atom stereocenters. The molecule has 0 saturated carbocycles. The molecule has 0 heterocycles. The third kappa shape index (κ3) is 3.97. The van der Waals surface area contributed by atoms with Crippen molar-refractivity contribution in [1.29, 1.82) is 0 Å². The highest BCUT2D eigenvalue weighted by Crippen LogP contribution is 2.25. The number of carbonyl (C=O) groups excluding carboxylic acids is 1. The zero-order valence-corrected chi connectivity index (χ0v) is 12.9. The number of halogens is 1. The van der Waals surface area contributed by atoms with Gasteiger partial charge >= 0.3 is 0 Å². The number of aliphatic hydroxyl groups is 1. The molecule has 3 nitrogen and oxygen atoms in total. The van der Waals surface area contributed by atoms with E-state index in [-0.39, 0.29) is 16.7 Å². The second kappa shape index (κ2) is 6.75. The maximum absolute atomic E-state index is 12.3. The number of allylic oxidation sites excluding steroid dienone is 3. The van der Waals surface area contributed by atoms with Gasteiger partial charge in [-0.25, -0.2) is 0 Å². The van der Waals surface area contributed by atoms with Crippen molar-refractivity contribution >= 4 is 27.5 Å². The molecule has 0 saturated heterocycles. The molecule has 20 heavy (non-hydrogen) atoms. The van der Waals surface area contributed by atoms with E-state index in [0.717, 1.165) is 17.7 Å². The Labute approximate surface area is 127 Å². The summed E-state index contributed by atoms with van der Waals surface area (Å²) in [7, 11) is 0. The topological polar surface area (TPSA) is 49.3 Å². The smallest absolute Gasteiger partial charge is 0.231 e. The normalized spacial score (nSPS) is 20.4. The number of benzene rings is 1. The molecule has 0 bridgehead atoms. The summed E-state index contributed by atoms with van der Waals surface area (Å²) in [6.07, 6.45) is 5.16. The molecule has 2 atom stereocenters. The van der Waals surface area contributed by atoms with Crippen LogP contribution < -0.4 is 5.32 Å². The standard InChI is InChI=1S/C16H18BrNO2/c1-11(12-9-13(17)7-8-15(19)10-12)16(20)18-14-5-3-2-4-6-14/h2-6,9-11,13,19H,7-8H2,1H3,(H,18,20). The molecule has 1 aromatic rings. The Hall–Kier alpha value is -1.55. The Bertz CT molecular complexity index is 537. The molecule has 0 spiro atoms. The molecule has 106 valence electrons. The number of nitrogens with one attached hydrogen (secondary N) is 1. The van der Waals surface area contributed by atoms with E-state index in [1.165, 1.54) is 0 Å². The van der Waals surface area contributed by atoms with E-state index in [4.69, 9.17) is 0 Å². The second-order valence-corrected chi connectivity index (χ2v) is 6.11. The molecule has 1 amide bonds. The molecule has 0 aromatic heterocycles. The van der Waals surface area contributed by atoms with Gasteiger partial charge in [0.2, 0.25) is 5.91 Å². The summed E-state index contributed by atoms with van der Waals surface area (Å²) < 4.78 is 0. The van der Waals surface area contributed by atoms with Gasteiger partial charge in [0.05, 0.1) is 11.7 Å². The van der Waals surface area contributed by atoms with Crippen molar-refractivity contribution < 1.29 is 9.90 Å². The molecular weight excluding hydrogens is 318 g/mol. The van der Waals surface area contributed by atoms with Gasteiger partial charge in [-0.2, -0.15) is 0 Å². The van der Waals surface area contributed by atoms with E-state index in [9.17, 15) is 9.90 Å². The molecule has 1 aromatic carbocycles. The number of aliphatic hydroxyl groups excluding tert-OH is 1. The highest BCUT2D eigenvalue weighted by Gasteiger charge is 2.20. The van der Waals surface area contributed by atoms with E-state index in [0.29, 0.717) is 12.2 Å². The van der Waals surface area contributed by atoms with E-state index >= 15 is 0 Å². The Kier molecular flexibility index (Phi) is 5.01. The Morgan fingerprint density at radius 2 is 2.10 bits per heavy atom. The number of anilines is 1. The van der Waals surface area contributed by atoms with Gasteiger partial charge in [-0.3, -0.25) is 4.79 Å². The quantitative estimate of drug-likeness (QED) is 0.814. The Morgan fingerprint density at radius 1 is 1.40 bits per heavy atom. The highest BCUT2D eigenvalue weighted by atomic mass is 79.9. The first-order valence-electron chi connectivity index (χ1n) is 6.67. The van der Waals surface area contributed by atoms with E-state index in [1.54, 1.807) is 6.08 Å². The summed E-state index contributed by atoms with van der Waals surface area (Å²) in [5.74, 6) is -0.0545. The maximum Gasteiger partial charge on any atom is 0.231 e. The van der Waals surface area contributed by atoms with Crippen LogP contribution in [0.25, 0.3) is 0 Å². The summed E-state index contributed by atoms with van der Waals surface area (Å²) in [6, 6.07) is 9.37. The van der Waals surface area contributed by atoms with E-state index < -0.39 is 0 Å². The maximum atomic E-state index is 12.3. The molecule has 4 heteroatoms. The fourth-order valence-corrected chi connectivity index (χ4v) is 2.62. The van der Waals surface area contributed by atoms with Gasteiger partial charge in [0.25, 0.3) is 0 Å². The van der Waals surface area contributed by atoms with E-state index in [1.807, 2.05) is 43.3 Å². The minimum absolute atomic E-state index is 0.0758. The highest BCUT2D eigenvalue weighted by molar-refractivity contribution is 9.09. The van der Waals surface area contributed by atoms with Gasteiger partial charge in [-0.1, -0.05) is 40.2 Å². The third-order valence-electron chi connectivity index (χ3n) is 3.32. The molecule has 0 aliphatic heterocycles. The van der Waals surface area contributed by atoms with Crippen LogP contribution in [0.1, 0.15) is 19.8 Å². The van der Waals surface area contributed by atoms with Gasteiger partial charge in [-0.05, 0) is 37.1 Å². The average molecular weight is 336 g/mol. The minimum atomic E-state index is -0.310. The number of hydrogen-bond donors (Lipinski definition) is 2. The number of para-hydroxylation sites is 1. The van der Waals surface area contributed by atoms with Gasteiger partial charge < -0.3 is 10.4 Å². The van der Waals surface area contributed by atoms with Crippen LogP contribution in [0.5, 0.6) is 0 Å². The number of amides is 1. The molecule has 2 N–H and O–H groups in total. The van der Waals surface area contributed by atoms with Crippen molar-refractivity contribution in [3.8, 4) is 0 Å². The first kappa shape index (κ1) is 14.9. The van der Waals surface area contributed by atoms with Crippen molar-refractivity contribution in [2.24, 2.45) is 5.92 Å². The summed E-state index contributed by atoms with van der Waals surface area (Å²) in [5, 5.41) is 12.6. The van der Waals surface area contributed by atoms with Crippen LogP contribution in [0, 0.1) is 5.92 Å². The lowest BCUT2D eigenvalue weighted by Crippen LogP contribution is -2.22. The van der Waals surface area contributed by atoms with E-state index in [2.05, 4.69) is 21.2 Å². The zero-order chi connectivity index (χ0) is 14.5. The number of carbonyl (C=O) groups is 1. The fourth-order valence-electron chi connectivity index (χ4n) is 2.08. The van der Waals surface area contributed by atoms with Crippen LogP contribution in [0.15, 0.2) is 53.8 Å². The van der Waals surface area contributed by atoms with Crippen LogP contribution in [-0.2, 0) is 4.79 Å². The lowest BCUT2D eigenvalue weighted by atomic mass is 9.99.